The van der Waals surface area contributed by atoms with E-state index in [1.165, 1.54) is 18.4 Å². The van der Waals surface area contributed by atoms with Gasteiger partial charge in [-0.2, -0.15) is 0 Å². The molecule has 1 saturated heterocycles. The van der Waals surface area contributed by atoms with Gasteiger partial charge in [0.15, 0.2) is 0 Å². The number of anilines is 1. The van der Waals surface area contributed by atoms with Crippen molar-refractivity contribution >= 4 is 11.9 Å². The molecule has 0 saturated carbocycles. The van der Waals surface area contributed by atoms with Crippen LogP contribution in [0, 0.1) is 0 Å². The van der Waals surface area contributed by atoms with Crippen LogP contribution in [0.2, 0.25) is 0 Å². The number of nitrogens with one attached hydrogen (secondary N) is 1. The first kappa shape index (κ1) is 17.4. The Morgan fingerprint density at radius 1 is 1.14 bits per heavy atom. The van der Waals surface area contributed by atoms with E-state index >= 15 is 0 Å². The minimum Gasteiger partial charge on any atom is -0.369 e. The van der Waals surface area contributed by atoms with Gasteiger partial charge in [0.1, 0.15) is 0 Å². The minimum absolute atomic E-state index is 0.0623. The van der Waals surface area contributed by atoms with Crippen molar-refractivity contribution in [1.29, 1.82) is 0 Å². The number of carbonyl (C=O) groups is 1. The number of hydrogen-bond acceptors (Lipinski definition) is 5. The number of likely N-dealkylation sites (tertiary alicyclic amines) is 1. The van der Waals surface area contributed by atoms with E-state index in [1.807, 2.05) is 11.0 Å². The van der Waals surface area contributed by atoms with Crippen LogP contribution in [-0.2, 0) is 24.7 Å². The Balaban J connectivity index is 1.35. The highest BCUT2D eigenvalue weighted by atomic mass is 16.2. The fraction of sp³-hybridized carbons (Fsp3) is 0.524. The summed E-state index contributed by atoms with van der Waals surface area (Å²) in [6.45, 7) is 1.34. The molecule has 0 unspecified atom stereocenters. The van der Waals surface area contributed by atoms with E-state index < -0.39 is 0 Å². The number of hydrogen-bond donors (Lipinski definition) is 2. The summed E-state index contributed by atoms with van der Waals surface area (Å²) >= 11 is 0. The van der Waals surface area contributed by atoms with E-state index in [-0.39, 0.29) is 22.8 Å². The number of amides is 1. The van der Waals surface area contributed by atoms with Gasteiger partial charge in [0.05, 0.1) is 11.3 Å². The molecule has 7 nitrogen and oxygen atoms in total. The molecule has 7 heteroatoms. The van der Waals surface area contributed by atoms with Gasteiger partial charge in [-0.15, -0.1) is 0 Å². The topological polar surface area (TPSA) is 105 Å². The molecule has 3 aliphatic rings. The molecule has 28 heavy (non-hydrogen) atoms. The number of aromatic amines is 1. The third-order valence-corrected chi connectivity index (χ3v) is 6.81. The second-order valence-electron chi connectivity index (χ2n) is 8.39. The SMILES string of the molecule is Nc1nc2c(c(=O)[nH]1)CCC21CCN(C(=O)c2cnc3c(c2)CCCC3)CC1. The first-order valence-electron chi connectivity index (χ1n) is 10.2. The molecule has 1 aliphatic heterocycles. The van der Waals surface area contributed by atoms with E-state index in [0.29, 0.717) is 18.7 Å². The Kier molecular flexibility index (Phi) is 4.00. The summed E-state index contributed by atoms with van der Waals surface area (Å²) in [5.41, 5.74) is 10.3. The van der Waals surface area contributed by atoms with Crippen LogP contribution in [0.3, 0.4) is 0 Å². The van der Waals surface area contributed by atoms with Crippen LogP contribution >= 0.6 is 0 Å². The number of piperidine rings is 1. The number of rotatable bonds is 1. The molecule has 0 aromatic carbocycles. The van der Waals surface area contributed by atoms with Gasteiger partial charge in [-0.25, -0.2) is 4.98 Å². The molecule has 1 amide bonds. The Hall–Kier alpha value is -2.70. The Morgan fingerprint density at radius 3 is 2.75 bits per heavy atom. The molecule has 0 atom stereocenters. The largest absolute Gasteiger partial charge is 0.369 e. The number of aryl methyl sites for hydroxylation is 2. The van der Waals surface area contributed by atoms with E-state index in [2.05, 4.69) is 15.0 Å². The molecular formula is C21H25N5O2. The van der Waals surface area contributed by atoms with Gasteiger partial charge >= 0.3 is 0 Å². The van der Waals surface area contributed by atoms with Crippen LogP contribution in [0.4, 0.5) is 5.95 Å². The maximum atomic E-state index is 13.0. The number of nitrogens with two attached hydrogens (primary N) is 1. The first-order chi connectivity index (χ1) is 13.6. The Bertz CT molecular complexity index is 1000. The second kappa shape index (κ2) is 6.43. The first-order valence-corrected chi connectivity index (χ1v) is 10.2. The van der Waals surface area contributed by atoms with Crippen molar-refractivity contribution in [1.82, 2.24) is 19.9 Å². The van der Waals surface area contributed by atoms with Crippen LogP contribution in [0.15, 0.2) is 17.1 Å². The van der Waals surface area contributed by atoms with Crippen LogP contribution in [0.5, 0.6) is 0 Å². The molecule has 0 bridgehead atoms. The molecular weight excluding hydrogens is 354 g/mol. The molecule has 3 heterocycles. The molecule has 2 aliphatic carbocycles. The summed E-state index contributed by atoms with van der Waals surface area (Å²) in [5.74, 6) is 0.246. The normalized spacial score (nSPS) is 20.1. The minimum atomic E-state index is -0.122. The van der Waals surface area contributed by atoms with Crippen molar-refractivity contribution in [3.63, 3.8) is 0 Å². The number of carbonyl (C=O) groups excluding carboxylic acids is 1. The fourth-order valence-electron chi connectivity index (χ4n) is 5.18. The summed E-state index contributed by atoms with van der Waals surface area (Å²) in [7, 11) is 0. The molecule has 0 radical (unpaired) electrons. The molecule has 2 aromatic heterocycles. The van der Waals surface area contributed by atoms with Crippen molar-refractivity contribution < 1.29 is 4.79 Å². The zero-order valence-corrected chi connectivity index (χ0v) is 16.0. The molecule has 5 rings (SSSR count). The van der Waals surface area contributed by atoms with E-state index in [9.17, 15) is 9.59 Å². The van der Waals surface area contributed by atoms with E-state index in [0.717, 1.165) is 55.5 Å². The van der Waals surface area contributed by atoms with Crippen molar-refractivity contribution in [2.45, 2.75) is 56.8 Å². The maximum absolute atomic E-state index is 13.0. The van der Waals surface area contributed by atoms with Crippen LogP contribution in [-0.4, -0.2) is 38.8 Å². The summed E-state index contributed by atoms with van der Waals surface area (Å²) < 4.78 is 0. The zero-order valence-electron chi connectivity index (χ0n) is 16.0. The van der Waals surface area contributed by atoms with Gasteiger partial charge in [0.25, 0.3) is 11.5 Å². The molecule has 1 spiro atoms. The molecule has 2 aromatic rings. The highest BCUT2D eigenvalue weighted by Crippen LogP contribution is 2.44. The van der Waals surface area contributed by atoms with Crippen molar-refractivity contribution in [3.8, 4) is 0 Å². The molecule has 1 fully saturated rings. The van der Waals surface area contributed by atoms with Crippen molar-refractivity contribution in [3.05, 3.63) is 50.7 Å². The standard InChI is InChI=1S/C21H25N5O2/c22-20-24-17-15(18(27)25-20)5-6-21(17)7-9-26(10-8-21)19(28)14-11-13-3-1-2-4-16(13)23-12-14/h11-12H,1-10H2,(H3,22,24,25,27). The van der Waals surface area contributed by atoms with Crippen LogP contribution in [0.25, 0.3) is 0 Å². The lowest BCUT2D eigenvalue weighted by atomic mass is 9.76. The summed E-state index contributed by atoms with van der Waals surface area (Å²) in [6, 6.07) is 2.04. The van der Waals surface area contributed by atoms with E-state index in [1.54, 1.807) is 6.20 Å². The number of nitrogen functional groups attached to an aromatic ring is 1. The number of nitrogens with zero attached hydrogens (tertiary/aromatic N) is 3. The maximum Gasteiger partial charge on any atom is 0.255 e. The lowest BCUT2D eigenvalue weighted by Crippen LogP contribution is -2.45. The lowest BCUT2D eigenvalue weighted by Gasteiger charge is -2.39. The smallest absolute Gasteiger partial charge is 0.255 e. The van der Waals surface area contributed by atoms with Gasteiger partial charge < -0.3 is 10.6 Å². The predicted octanol–water partition coefficient (Wildman–Crippen LogP) is 1.75. The molecule has 146 valence electrons. The van der Waals surface area contributed by atoms with Crippen LogP contribution in [0.1, 0.15) is 65.0 Å². The average molecular weight is 379 g/mol. The third kappa shape index (κ3) is 2.72. The van der Waals surface area contributed by atoms with Gasteiger partial charge in [-0.05, 0) is 63.0 Å². The number of H-pyrrole nitrogens is 1. The number of pyridine rings is 1. The van der Waals surface area contributed by atoms with Gasteiger partial charge in [0.2, 0.25) is 5.95 Å². The van der Waals surface area contributed by atoms with Crippen molar-refractivity contribution in [2.75, 3.05) is 18.8 Å². The number of aromatic nitrogens is 3. The predicted molar refractivity (Wildman–Crippen MR) is 105 cm³/mol. The van der Waals surface area contributed by atoms with Crippen molar-refractivity contribution in [2.24, 2.45) is 0 Å². The second-order valence-corrected chi connectivity index (χ2v) is 8.39. The quantitative estimate of drug-likeness (QED) is 0.785. The zero-order chi connectivity index (χ0) is 19.3. The third-order valence-electron chi connectivity index (χ3n) is 6.81. The fourth-order valence-corrected chi connectivity index (χ4v) is 5.18. The molecule has 3 N–H and O–H groups in total. The Labute approximate surface area is 163 Å². The van der Waals surface area contributed by atoms with Gasteiger partial charge in [0, 0.05) is 36.0 Å². The van der Waals surface area contributed by atoms with Crippen LogP contribution < -0.4 is 11.3 Å². The average Bonchev–Trinajstić information content (AvgIpc) is 3.06. The highest BCUT2D eigenvalue weighted by Gasteiger charge is 2.44. The van der Waals surface area contributed by atoms with E-state index in [4.69, 9.17) is 5.73 Å². The monoisotopic (exact) mass is 379 g/mol. The Morgan fingerprint density at radius 2 is 1.93 bits per heavy atom. The summed E-state index contributed by atoms with van der Waals surface area (Å²) in [6.07, 6.45) is 9.42. The summed E-state index contributed by atoms with van der Waals surface area (Å²) in [4.78, 5) is 38.8. The lowest BCUT2D eigenvalue weighted by molar-refractivity contribution is 0.0663. The van der Waals surface area contributed by atoms with Gasteiger partial charge in [-0.3, -0.25) is 19.6 Å². The number of fused-ring (bicyclic) bond motifs is 3. The summed E-state index contributed by atoms with van der Waals surface area (Å²) in [5, 5.41) is 0. The highest BCUT2D eigenvalue weighted by molar-refractivity contribution is 5.94. The van der Waals surface area contributed by atoms with Gasteiger partial charge in [-0.1, -0.05) is 0 Å².